The van der Waals surface area contributed by atoms with Crippen LogP contribution in [-0.4, -0.2) is 16.0 Å². The Labute approximate surface area is 82.5 Å². The van der Waals surface area contributed by atoms with Crippen molar-refractivity contribution < 1.29 is 0 Å². The summed E-state index contributed by atoms with van der Waals surface area (Å²) in [6, 6.07) is 0.544. The average molecular weight is 198 g/mol. The van der Waals surface area contributed by atoms with Crippen molar-refractivity contribution in [3.05, 3.63) is 17.5 Å². The lowest BCUT2D eigenvalue weighted by atomic mass is 9.82. The maximum absolute atomic E-state index is 5.90. The number of aromatic nitrogens is 2. The Balaban J connectivity index is 1.98. The fourth-order valence-corrected chi connectivity index (χ4v) is 1.79. The van der Waals surface area contributed by atoms with Gasteiger partial charge in [-0.2, -0.15) is 0 Å². The Morgan fingerprint density at radius 3 is 2.92 bits per heavy atom. The van der Waals surface area contributed by atoms with Crippen LogP contribution in [0.4, 0.5) is 5.82 Å². The molecule has 1 N–H and O–H groups in total. The molecule has 3 nitrogen and oxygen atoms in total. The molecular formula is C9H12ClN3. The van der Waals surface area contributed by atoms with Crippen molar-refractivity contribution in [2.24, 2.45) is 5.92 Å². The van der Waals surface area contributed by atoms with Gasteiger partial charge in [-0.1, -0.05) is 18.5 Å². The highest BCUT2D eigenvalue weighted by molar-refractivity contribution is 6.32. The predicted molar refractivity (Wildman–Crippen MR) is 52.9 cm³/mol. The molecule has 1 saturated carbocycles. The molecule has 0 bridgehead atoms. The Morgan fingerprint density at radius 1 is 1.54 bits per heavy atom. The molecule has 1 aromatic heterocycles. The van der Waals surface area contributed by atoms with E-state index >= 15 is 0 Å². The monoisotopic (exact) mass is 197 g/mol. The van der Waals surface area contributed by atoms with Gasteiger partial charge in [0.15, 0.2) is 0 Å². The summed E-state index contributed by atoms with van der Waals surface area (Å²) in [7, 11) is 0. The van der Waals surface area contributed by atoms with Crippen LogP contribution in [0.3, 0.4) is 0 Å². The van der Waals surface area contributed by atoms with Crippen LogP contribution in [0.2, 0.25) is 5.02 Å². The first-order valence-corrected chi connectivity index (χ1v) is 4.85. The van der Waals surface area contributed by atoms with Crippen LogP contribution < -0.4 is 5.32 Å². The molecule has 0 unspecified atom stereocenters. The summed E-state index contributed by atoms with van der Waals surface area (Å²) in [4.78, 5) is 7.90. The summed E-state index contributed by atoms with van der Waals surface area (Å²) in [6.45, 7) is 2.25. The second-order valence-electron chi connectivity index (χ2n) is 3.64. The predicted octanol–water partition coefficient (Wildman–Crippen LogP) is 2.34. The molecule has 1 heterocycles. The van der Waals surface area contributed by atoms with Gasteiger partial charge in [-0.15, -0.1) is 0 Å². The molecule has 0 amide bonds. The number of nitrogens with zero attached hydrogens (tertiary/aromatic N) is 2. The molecule has 0 atom stereocenters. The molecule has 0 radical (unpaired) electrons. The number of anilines is 1. The zero-order valence-electron chi connectivity index (χ0n) is 7.50. The first-order valence-electron chi connectivity index (χ1n) is 4.47. The SMILES string of the molecule is CC1CC(Nc2ncncc2Cl)C1. The minimum Gasteiger partial charge on any atom is -0.366 e. The van der Waals surface area contributed by atoms with Gasteiger partial charge in [0, 0.05) is 6.04 Å². The van der Waals surface area contributed by atoms with Gasteiger partial charge in [0.1, 0.15) is 17.2 Å². The largest absolute Gasteiger partial charge is 0.366 e. The molecule has 0 aliphatic heterocycles. The summed E-state index contributed by atoms with van der Waals surface area (Å²) in [5.41, 5.74) is 0. The van der Waals surface area contributed by atoms with Crippen molar-refractivity contribution in [2.75, 3.05) is 5.32 Å². The molecule has 70 valence electrons. The van der Waals surface area contributed by atoms with Gasteiger partial charge in [0.2, 0.25) is 0 Å². The van der Waals surface area contributed by atoms with E-state index in [1.807, 2.05) is 0 Å². The Bertz CT molecular complexity index is 297. The summed E-state index contributed by atoms with van der Waals surface area (Å²) in [5, 5.41) is 3.89. The molecule has 13 heavy (non-hydrogen) atoms. The number of hydrogen-bond donors (Lipinski definition) is 1. The standard InChI is InChI=1S/C9H12ClN3/c1-6-2-7(3-6)13-9-8(10)4-11-5-12-9/h4-7H,2-3H2,1H3,(H,11,12,13). The van der Waals surface area contributed by atoms with Crippen LogP contribution in [0.25, 0.3) is 0 Å². The van der Waals surface area contributed by atoms with Crippen LogP contribution in [-0.2, 0) is 0 Å². The third-order valence-corrected chi connectivity index (χ3v) is 2.66. The van der Waals surface area contributed by atoms with Crippen LogP contribution in [0.15, 0.2) is 12.5 Å². The molecule has 0 spiro atoms. The third kappa shape index (κ3) is 1.91. The average Bonchev–Trinajstić information content (AvgIpc) is 2.06. The van der Waals surface area contributed by atoms with Crippen molar-refractivity contribution in [1.29, 1.82) is 0 Å². The molecule has 1 aliphatic carbocycles. The fourth-order valence-electron chi connectivity index (χ4n) is 1.63. The van der Waals surface area contributed by atoms with Crippen LogP contribution in [0.1, 0.15) is 19.8 Å². The van der Waals surface area contributed by atoms with Crippen LogP contribution >= 0.6 is 11.6 Å². The smallest absolute Gasteiger partial charge is 0.148 e. The Hall–Kier alpha value is -0.830. The van der Waals surface area contributed by atoms with E-state index < -0.39 is 0 Å². The van der Waals surface area contributed by atoms with Gasteiger partial charge in [0.25, 0.3) is 0 Å². The van der Waals surface area contributed by atoms with E-state index in [0.29, 0.717) is 11.1 Å². The van der Waals surface area contributed by atoms with E-state index in [2.05, 4.69) is 22.2 Å². The lowest BCUT2D eigenvalue weighted by Gasteiger charge is -2.33. The first kappa shape index (κ1) is 8.75. The minimum absolute atomic E-state index is 0.544. The highest BCUT2D eigenvalue weighted by Crippen LogP contribution is 2.30. The van der Waals surface area contributed by atoms with Crippen molar-refractivity contribution in [3.8, 4) is 0 Å². The molecule has 0 saturated heterocycles. The summed E-state index contributed by atoms with van der Waals surface area (Å²) in [5.74, 6) is 1.59. The molecule has 2 rings (SSSR count). The van der Waals surface area contributed by atoms with E-state index in [0.717, 1.165) is 11.7 Å². The van der Waals surface area contributed by atoms with Gasteiger partial charge in [-0.25, -0.2) is 9.97 Å². The fraction of sp³-hybridized carbons (Fsp3) is 0.556. The molecule has 0 aromatic carbocycles. The van der Waals surface area contributed by atoms with Gasteiger partial charge in [-0.3, -0.25) is 0 Å². The normalized spacial score (nSPS) is 26.6. The van der Waals surface area contributed by atoms with Gasteiger partial charge in [-0.05, 0) is 18.8 Å². The Morgan fingerprint density at radius 2 is 2.31 bits per heavy atom. The number of rotatable bonds is 2. The van der Waals surface area contributed by atoms with Crippen molar-refractivity contribution in [2.45, 2.75) is 25.8 Å². The summed E-state index contributed by atoms with van der Waals surface area (Å²) in [6.07, 6.45) is 5.54. The molecule has 1 aliphatic rings. The molecule has 1 fully saturated rings. The quantitative estimate of drug-likeness (QED) is 0.791. The van der Waals surface area contributed by atoms with E-state index in [1.54, 1.807) is 6.20 Å². The third-order valence-electron chi connectivity index (χ3n) is 2.38. The lowest BCUT2D eigenvalue weighted by molar-refractivity contribution is 0.308. The van der Waals surface area contributed by atoms with E-state index in [-0.39, 0.29) is 0 Å². The van der Waals surface area contributed by atoms with Crippen molar-refractivity contribution in [1.82, 2.24) is 9.97 Å². The Kier molecular flexibility index (Phi) is 2.36. The van der Waals surface area contributed by atoms with Crippen molar-refractivity contribution in [3.63, 3.8) is 0 Å². The second-order valence-corrected chi connectivity index (χ2v) is 4.04. The second kappa shape index (κ2) is 3.50. The summed E-state index contributed by atoms with van der Waals surface area (Å²) < 4.78 is 0. The van der Waals surface area contributed by atoms with Gasteiger partial charge in [0.05, 0.1) is 6.20 Å². The minimum atomic E-state index is 0.544. The van der Waals surface area contributed by atoms with E-state index in [1.165, 1.54) is 19.2 Å². The molecule has 1 aromatic rings. The van der Waals surface area contributed by atoms with Crippen LogP contribution in [0.5, 0.6) is 0 Å². The highest BCUT2D eigenvalue weighted by atomic mass is 35.5. The van der Waals surface area contributed by atoms with Gasteiger partial charge < -0.3 is 5.32 Å². The first-order chi connectivity index (χ1) is 6.25. The summed E-state index contributed by atoms with van der Waals surface area (Å²) >= 11 is 5.90. The number of halogens is 1. The molecule has 4 heteroatoms. The lowest BCUT2D eigenvalue weighted by Crippen LogP contribution is -2.34. The zero-order chi connectivity index (χ0) is 9.26. The number of hydrogen-bond acceptors (Lipinski definition) is 3. The van der Waals surface area contributed by atoms with E-state index in [9.17, 15) is 0 Å². The van der Waals surface area contributed by atoms with Crippen molar-refractivity contribution >= 4 is 17.4 Å². The topological polar surface area (TPSA) is 37.8 Å². The zero-order valence-corrected chi connectivity index (χ0v) is 8.25. The van der Waals surface area contributed by atoms with Crippen LogP contribution in [0, 0.1) is 5.92 Å². The molecular weight excluding hydrogens is 186 g/mol. The maximum Gasteiger partial charge on any atom is 0.148 e. The maximum atomic E-state index is 5.90. The highest BCUT2D eigenvalue weighted by Gasteiger charge is 2.25. The van der Waals surface area contributed by atoms with Gasteiger partial charge >= 0.3 is 0 Å². The van der Waals surface area contributed by atoms with E-state index in [4.69, 9.17) is 11.6 Å². The number of nitrogens with one attached hydrogen (secondary N) is 1.